The summed E-state index contributed by atoms with van der Waals surface area (Å²) < 4.78 is 0. The van der Waals surface area contributed by atoms with Gasteiger partial charge in [-0.2, -0.15) is 0 Å². The molecular formula is C11H11NO3. The lowest BCUT2D eigenvalue weighted by atomic mass is 9.99. The molecule has 1 aromatic rings. The first-order valence-electron chi connectivity index (χ1n) is 4.75. The SMILES string of the molecule is O=C(O)C1CN(C(=O)c2ccccc2)C1. The summed E-state index contributed by atoms with van der Waals surface area (Å²) in [5.74, 6) is -1.31. The van der Waals surface area contributed by atoms with E-state index in [1.165, 1.54) is 0 Å². The van der Waals surface area contributed by atoms with Crippen molar-refractivity contribution >= 4 is 11.9 Å². The van der Waals surface area contributed by atoms with Crippen LogP contribution >= 0.6 is 0 Å². The third kappa shape index (κ3) is 1.83. The van der Waals surface area contributed by atoms with Crippen LogP contribution in [0.4, 0.5) is 0 Å². The van der Waals surface area contributed by atoms with Crippen LogP contribution in [0.2, 0.25) is 0 Å². The molecule has 0 atom stereocenters. The lowest BCUT2D eigenvalue weighted by molar-refractivity contribution is -0.146. The molecule has 4 nitrogen and oxygen atoms in total. The molecule has 0 bridgehead atoms. The summed E-state index contributed by atoms with van der Waals surface area (Å²) in [6.07, 6.45) is 0. The van der Waals surface area contributed by atoms with Gasteiger partial charge in [-0.05, 0) is 12.1 Å². The van der Waals surface area contributed by atoms with E-state index >= 15 is 0 Å². The number of aliphatic carboxylic acids is 1. The van der Waals surface area contributed by atoms with Gasteiger partial charge in [-0.3, -0.25) is 9.59 Å². The lowest BCUT2D eigenvalue weighted by Crippen LogP contribution is -2.53. The summed E-state index contributed by atoms with van der Waals surface area (Å²) in [5.41, 5.74) is 0.612. The number of carboxylic acid groups (broad SMARTS) is 1. The molecule has 4 heteroatoms. The quantitative estimate of drug-likeness (QED) is 0.778. The molecule has 0 radical (unpaired) electrons. The molecule has 1 aliphatic heterocycles. The van der Waals surface area contributed by atoms with E-state index in [1.54, 1.807) is 29.2 Å². The maximum Gasteiger partial charge on any atom is 0.310 e. The average molecular weight is 205 g/mol. The van der Waals surface area contributed by atoms with E-state index in [1.807, 2.05) is 6.07 Å². The number of carbonyl (C=O) groups is 2. The highest BCUT2D eigenvalue weighted by molar-refractivity contribution is 5.95. The zero-order valence-electron chi connectivity index (χ0n) is 8.09. The second-order valence-electron chi connectivity index (χ2n) is 3.61. The van der Waals surface area contributed by atoms with Gasteiger partial charge < -0.3 is 10.0 Å². The van der Waals surface area contributed by atoms with Gasteiger partial charge in [-0.25, -0.2) is 0 Å². The Bertz CT molecular complexity index is 382. The van der Waals surface area contributed by atoms with Gasteiger partial charge in [0.05, 0.1) is 5.92 Å². The minimum atomic E-state index is -0.827. The number of hydrogen-bond donors (Lipinski definition) is 1. The standard InChI is InChI=1S/C11H11NO3/c13-10(8-4-2-1-3-5-8)12-6-9(7-12)11(14)15/h1-5,9H,6-7H2,(H,14,15). The molecule has 0 aromatic heterocycles. The van der Waals surface area contributed by atoms with Crippen molar-refractivity contribution in [3.63, 3.8) is 0 Å². The summed E-state index contributed by atoms with van der Waals surface area (Å²) in [6.45, 7) is 0.645. The third-order valence-electron chi connectivity index (χ3n) is 2.54. The fraction of sp³-hybridized carbons (Fsp3) is 0.273. The van der Waals surface area contributed by atoms with E-state index in [9.17, 15) is 9.59 Å². The minimum absolute atomic E-state index is 0.0897. The van der Waals surface area contributed by atoms with Crippen LogP contribution in [-0.4, -0.2) is 35.0 Å². The van der Waals surface area contributed by atoms with E-state index in [-0.39, 0.29) is 5.91 Å². The summed E-state index contributed by atoms with van der Waals surface area (Å²) in [6, 6.07) is 8.89. The van der Waals surface area contributed by atoms with E-state index in [0.717, 1.165) is 0 Å². The van der Waals surface area contributed by atoms with Crippen molar-refractivity contribution in [1.29, 1.82) is 0 Å². The molecule has 0 spiro atoms. The van der Waals surface area contributed by atoms with Gasteiger partial charge in [-0.1, -0.05) is 18.2 Å². The molecular weight excluding hydrogens is 194 g/mol. The van der Waals surface area contributed by atoms with Crippen LogP contribution in [0.5, 0.6) is 0 Å². The number of nitrogens with zero attached hydrogens (tertiary/aromatic N) is 1. The second-order valence-corrected chi connectivity index (χ2v) is 3.61. The fourth-order valence-electron chi connectivity index (χ4n) is 1.56. The van der Waals surface area contributed by atoms with Crippen LogP contribution in [0.25, 0.3) is 0 Å². The molecule has 2 rings (SSSR count). The van der Waals surface area contributed by atoms with Crippen molar-refractivity contribution in [2.45, 2.75) is 0 Å². The summed E-state index contributed by atoms with van der Waals surface area (Å²) >= 11 is 0. The lowest BCUT2D eigenvalue weighted by Gasteiger charge is -2.36. The first-order chi connectivity index (χ1) is 7.18. The van der Waals surface area contributed by atoms with E-state index in [0.29, 0.717) is 18.7 Å². The van der Waals surface area contributed by atoms with E-state index < -0.39 is 11.9 Å². The first kappa shape index (κ1) is 9.71. The molecule has 15 heavy (non-hydrogen) atoms. The molecule has 1 aromatic carbocycles. The van der Waals surface area contributed by atoms with Gasteiger partial charge >= 0.3 is 5.97 Å². The van der Waals surface area contributed by atoms with Gasteiger partial charge in [0.1, 0.15) is 0 Å². The average Bonchev–Trinajstić information content (AvgIpc) is 2.16. The monoisotopic (exact) mass is 205 g/mol. The Labute approximate surface area is 87.1 Å². The van der Waals surface area contributed by atoms with Gasteiger partial charge in [0.25, 0.3) is 5.91 Å². The minimum Gasteiger partial charge on any atom is -0.481 e. The molecule has 78 valence electrons. The van der Waals surface area contributed by atoms with Gasteiger partial charge in [0.2, 0.25) is 0 Å². The van der Waals surface area contributed by atoms with Crippen LogP contribution in [0.1, 0.15) is 10.4 Å². The van der Waals surface area contributed by atoms with Crippen molar-refractivity contribution in [2.75, 3.05) is 13.1 Å². The maximum absolute atomic E-state index is 11.7. The van der Waals surface area contributed by atoms with Crippen molar-refractivity contribution in [1.82, 2.24) is 4.90 Å². The highest BCUT2D eigenvalue weighted by Gasteiger charge is 2.35. The zero-order valence-corrected chi connectivity index (χ0v) is 8.09. The topological polar surface area (TPSA) is 57.6 Å². The Morgan fingerprint density at radius 1 is 1.20 bits per heavy atom. The number of amides is 1. The van der Waals surface area contributed by atoms with Crippen molar-refractivity contribution in [2.24, 2.45) is 5.92 Å². The Kier molecular flexibility index (Phi) is 2.41. The molecule has 0 aliphatic carbocycles. The van der Waals surface area contributed by atoms with Crippen LogP contribution in [0, 0.1) is 5.92 Å². The maximum atomic E-state index is 11.7. The smallest absolute Gasteiger partial charge is 0.310 e. The van der Waals surface area contributed by atoms with Crippen molar-refractivity contribution in [3.8, 4) is 0 Å². The molecule has 1 aliphatic rings. The number of carboxylic acids is 1. The normalized spacial score (nSPS) is 15.9. The predicted molar refractivity (Wildman–Crippen MR) is 53.5 cm³/mol. The van der Waals surface area contributed by atoms with Gasteiger partial charge in [0, 0.05) is 18.7 Å². The molecule has 1 heterocycles. The number of rotatable bonds is 2. The summed E-state index contributed by atoms with van der Waals surface area (Å²) in [4.78, 5) is 23.8. The molecule has 1 saturated heterocycles. The van der Waals surface area contributed by atoms with Crippen molar-refractivity contribution in [3.05, 3.63) is 35.9 Å². The highest BCUT2D eigenvalue weighted by atomic mass is 16.4. The Morgan fingerprint density at radius 3 is 2.33 bits per heavy atom. The van der Waals surface area contributed by atoms with Gasteiger partial charge in [-0.15, -0.1) is 0 Å². The Hall–Kier alpha value is -1.84. The number of benzene rings is 1. The van der Waals surface area contributed by atoms with Gasteiger partial charge in [0.15, 0.2) is 0 Å². The van der Waals surface area contributed by atoms with Crippen LogP contribution < -0.4 is 0 Å². The van der Waals surface area contributed by atoms with E-state index in [2.05, 4.69) is 0 Å². The highest BCUT2D eigenvalue weighted by Crippen LogP contribution is 2.18. The molecule has 1 amide bonds. The van der Waals surface area contributed by atoms with Crippen LogP contribution in [0.3, 0.4) is 0 Å². The summed E-state index contributed by atoms with van der Waals surface area (Å²) in [5, 5.41) is 8.67. The fourth-order valence-corrected chi connectivity index (χ4v) is 1.56. The first-order valence-corrected chi connectivity index (χ1v) is 4.75. The van der Waals surface area contributed by atoms with Crippen molar-refractivity contribution < 1.29 is 14.7 Å². The zero-order chi connectivity index (χ0) is 10.8. The molecule has 0 saturated carbocycles. The largest absolute Gasteiger partial charge is 0.481 e. The number of hydrogen-bond acceptors (Lipinski definition) is 2. The molecule has 1 fully saturated rings. The number of likely N-dealkylation sites (tertiary alicyclic amines) is 1. The van der Waals surface area contributed by atoms with Crippen LogP contribution in [0.15, 0.2) is 30.3 Å². The van der Waals surface area contributed by atoms with E-state index in [4.69, 9.17) is 5.11 Å². The Morgan fingerprint density at radius 2 is 1.80 bits per heavy atom. The predicted octanol–water partition coefficient (Wildman–Crippen LogP) is 0.843. The molecule has 1 N–H and O–H groups in total. The third-order valence-corrected chi connectivity index (χ3v) is 2.54. The Balaban J connectivity index is 1.98. The number of carbonyl (C=O) groups excluding carboxylic acids is 1. The summed E-state index contributed by atoms with van der Waals surface area (Å²) in [7, 11) is 0. The van der Waals surface area contributed by atoms with Crippen LogP contribution in [-0.2, 0) is 4.79 Å². The molecule has 0 unspecified atom stereocenters. The second kappa shape index (κ2) is 3.73.